The van der Waals surface area contributed by atoms with E-state index in [0.29, 0.717) is 29.1 Å². The van der Waals surface area contributed by atoms with E-state index in [-0.39, 0.29) is 11.9 Å². The Kier molecular flexibility index (Phi) is 5.58. The minimum atomic E-state index is -0.975. The van der Waals surface area contributed by atoms with Gasteiger partial charge in [0.2, 0.25) is 6.17 Å². The molecule has 2 fully saturated rings. The lowest BCUT2D eigenvalue weighted by Gasteiger charge is -2.20. The number of fused-ring (bicyclic) bond motifs is 2. The average Bonchev–Trinajstić information content (AvgIpc) is 3.67. The van der Waals surface area contributed by atoms with Gasteiger partial charge < -0.3 is 24.7 Å². The van der Waals surface area contributed by atoms with Crippen LogP contribution in [0.25, 0.3) is 11.5 Å². The monoisotopic (exact) mass is 507 g/mol. The second-order valence-corrected chi connectivity index (χ2v) is 9.67. The van der Waals surface area contributed by atoms with Crippen molar-refractivity contribution in [2.24, 2.45) is 16.8 Å². The molecular formula is C28H25N7O3. The highest BCUT2D eigenvalue weighted by molar-refractivity contribution is 6.19. The Morgan fingerprint density at radius 3 is 2.50 bits per heavy atom. The molecule has 0 bridgehead atoms. The molecule has 0 radical (unpaired) electrons. The number of benzodiazepines with no additional fused rings is 1. The van der Waals surface area contributed by atoms with Crippen molar-refractivity contribution < 1.29 is 13.9 Å². The standard InChI is InChI=1S/C28H25N7O3/c36-26-24(31-23(17-7-2-1-3-8-17)20-9-4-5-11-22(20)30-26)32-28-34-33-27(38-28)21-10-6-12-29-25(21)35-13-18-15-37-16-19(18)14-35/h1-12,18-19,24H,13-16H2,(H,30,36)(H,32,34). The molecule has 3 unspecified atom stereocenters. The SMILES string of the molecule is O=C1Nc2ccccc2C(c2ccccc2)=NC1Nc1nnc(-c2cccnc2N2CC3COCC3C2)o1. The van der Waals surface area contributed by atoms with Crippen LogP contribution < -0.4 is 15.5 Å². The third-order valence-electron chi connectivity index (χ3n) is 7.24. The van der Waals surface area contributed by atoms with E-state index >= 15 is 0 Å². The number of hydrogen-bond acceptors (Lipinski definition) is 9. The highest BCUT2D eigenvalue weighted by Crippen LogP contribution is 2.36. The molecule has 2 N–H and O–H groups in total. The fourth-order valence-electron chi connectivity index (χ4n) is 5.36. The summed E-state index contributed by atoms with van der Waals surface area (Å²) >= 11 is 0. The van der Waals surface area contributed by atoms with Crippen LogP contribution in [-0.2, 0) is 9.53 Å². The third kappa shape index (κ3) is 4.08. The molecule has 4 aromatic rings. The van der Waals surface area contributed by atoms with Crippen LogP contribution in [0.3, 0.4) is 0 Å². The predicted octanol–water partition coefficient (Wildman–Crippen LogP) is 3.44. The molecule has 2 saturated heterocycles. The first-order valence-corrected chi connectivity index (χ1v) is 12.6. The zero-order valence-corrected chi connectivity index (χ0v) is 20.4. The number of pyridine rings is 1. The van der Waals surface area contributed by atoms with Crippen LogP contribution in [0.1, 0.15) is 11.1 Å². The number of nitrogens with zero attached hydrogens (tertiary/aromatic N) is 5. The molecule has 0 aliphatic carbocycles. The highest BCUT2D eigenvalue weighted by Gasteiger charge is 2.38. The molecule has 10 nitrogen and oxygen atoms in total. The zero-order chi connectivity index (χ0) is 25.5. The largest absolute Gasteiger partial charge is 0.403 e. The predicted molar refractivity (Wildman–Crippen MR) is 142 cm³/mol. The average molecular weight is 508 g/mol. The summed E-state index contributed by atoms with van der Waals surface area (Å²) in [4.78, 5) is 24.8. The van der Waals surface area contributed by atoms with Crippen LogP contribution in [-0.4, -0.2) is 59.3 Å². The summed E-state index contributed by atoms with van der Waals surface area (Å²) in [5.74, 6) is 1.84. The fraction of sp³-hybridized carbons (Fsp3) is 0.250. The summed E-state index contributed by atoms with van der Waals surface area (Å²) in [6, 6.07) is 21.3. The number of carbonyl (C=O) groups is 1. The van der Waals surface area contributed by atoms with E-state index in [4.69, 9.17) is 14.1 Å². The minimum Gasteiger partial charge on any atom is -0.403 e. The van der Waals surface area contributed by atoms with Crippen LogP contribution in [0.2, 0.25) is 0 Å². The van der Waals surface area contributed by atoms with Gasteiger partial charge in [-0.3, -0.25) is 4.79 Å². The van der Waals surface area contributed by atoms with Crippen molar-refractivity contribution >= 4 is 29.1 Å². The van der Waals surface area contributed by atoms with Crippen LogP contribution in [0.4, 0.5) is 17.5 Å². The Morgan fingerprint density at radius 2 is 1.66 bits per heavy atom. The third-order valence-corrected chi connectivity index (χ3v) is 7.24. The van der Waals surface area contributed by atoms with Crippen LogP contribution in [0, 0.1) is 11.8 Å². The molecule has 38 heavy (non-hydrogen) atoms. The van der Waals surface area contributed by atoms with Gasteiger partial charge in [-0.25, -0.2) is 9.98 Å². The Balaban J connectivity index is 1.18. The number of rotatable bonds is 5. The van der Waals surface area contributed by atoms with Gasteiger partial charge in [0.15, 0.2) is 0 Å². The quantitative estimate of drug-likeness (QED) is 0.422. The van der Waals surface area contributed by atoms with Crippen molar-refractivity contribution in [2.45, 2.75) is 6.17 Å². The first kappa shape index (κ1) is 22.6. The number of nitrogens with one attached hydrogen (secondary N) is 2. The van der Waals surface area contributed by atoms with Crippen molar-refractivity contribution in [2.75, 3.05) is 41.8 Å². The van der Waals surface area contributed by atoms with Crippen LogP contribution in [0.15, 0.2) is 82.3 Å². The molecule has 0 spiro atoms. The summed E-state index contributed by atoms with van der Waals surface area (Å²) in [6.07, 6.45) is 0.795. The first-order chi connectivity index (χ1) is 18.7. The maximum Gasteiger partial charge on any atom is 0.317 e. The van der Waals surface area contributed by atoms with Crippen molar-refractivity contribution in [3.63, 3.8) is 0 Å². The maximum absolute atomic E-state index is 13.2. The molecule has 2 aromatic heterocycles. The first-order valence-electron chi connectivity index (χ1n) is 12.6. The summed E-state index contributed by atoms with van der Waals surface area (Å²) in [7, 11) is 0. The molecule has 3 aliphatic rings. The highest BCUT2D eigenvalue weighted by atomic mass is 16.5. The normalized spacial score (nSPS) is 22.3. The molecule has 3 aliphatic heterocycles. The molecule has 5 heterocycles. The van der Waals surface area contributed by atoms with Gasteiger partial charge in [-0.05, 0) is 18.2 Å². The molecule has 7 rings (SSSR count). The molecule has 190 valence electrons. The van der Waals surface area contributed by atoms with Gasteiger partial charge in [0.05, 0.1) is 30.2 Å². The van der Waals surface area contributed by atoms with Crippen LogP contribution in [0.5, 0.6) is 0 Å². The van der Waals surface area contributed by atoms with Gasteiger partial charge in [-0.2, -0.15) is 0 Å². The fourth-order valence-corrected chi connectivity index (χ4v) is 5.36. The summed E-state index contributed by atoms with van der Waals surface area (Å²) in [5.41, 5.74) is 3.87. The molecule has 3 atom stereocenters. The summed E-state index contributed by atoms with van der Waals surface area (Å²) in [5, 5.41) is 14.4. The lowest BCUT2D eigenvalue weighted by molar-refractivity contribution is -0.116. The van der Waals surface area contributed by atoms with Crippen molar-refractivity contribution in [3.05, 3.63) is 84.1 Å². The molecule has 1 amide bonds. The Hall–Kier alpha value is -4.57. The van der Waals surface area contributed by atoms with Crippen molar-refractivity contribution in [1.29, 1.82) is 0 Å². The van der Waals surface area contributed by atoms with E-state index in [1.165, 1.54) is 0 Å². The summed E-state index contributed by atoms with van der Waals surface area (Å²) < 4.78 is 11.6. The van der Waals surface area contributed by atoms with E-state index in [0.717, 1.165) is 48.8 Å². The van der Waals surface area contributed by atoms with Gasteiger partial charge in [-0.1, -0.05) is 53.6 Å². The van der Waals surface area contributed by atoms with Gasteiger partial charge in [0.1, 0.15) is 5.82 Å². The number of anilines is 3. The van der Waals surface area contributed by atoms with E-state index in [2.05, 4.69) is 30.7 Å². The molecule has 10 heteroatoms. The smallest absolute Gasteiger partial charge is 0.317 e. The lowest BCUT2D eigenvalue weighted by atomic mass is 10.0. The maximum atomic E-state index is 13.2. The van der Waals surface area contributed by atoms with Gasteiger partial charge in [-0.15, -0.1) is 5.10 Å². The van der Waals surface area contributed by atoms with Gasteiger partial charge in [0, 0.05) is 42.2 Å². The van der Waals surface area contributed by atoms with E-state index < -0.39 is 6.17 Å². The number of ether oxygens (including phenoxy) is 1. The zero-order valence-electron chi connectivity index (χ0n) is 20.4. The molecular weight excluding hydrogens is 482 g/mol. The second kappa shape index (κ2) is 9.38. The number of para-hydroxylation sites is 1. The number of hydrogen-bond donors (Lipinski definition) is 2. The number of benzene rings is 2. The lowest BCUT2D eigenvalue weighted by Crippen LogP contribution is -2.32. The number of aromatic nitrogens is 3. The number of amides is 1. The Labute approximate surface area is 218 Å². The summed E-state index contributed by atoms with van der Waals surface area (Å²) in [6.45, 7) is 3.34. The van der Waals surface area contributed by atoms with Crippen molar-refractivity contribution in [3.8, 4) is 11.5 Å². The van der Waals surface area contributed by atoms with E-state index in [1.54, 1.807) is 6.20 Å². The van der Waals surface area contributed by atoms with Crippen LogP contribution >= 0.6 is 0 Å². The Morgan fingerprint density at radius 1 is 0.895 bits per heavy atom. The minimum absolute atomic E-state index is 0.101. The second-order valence-electron chi connectivity index (χ2n) is 9.67. The Bertz CT molecular complexity index is 1510. The number of carbonyl (C=O) groups excluding carboxylic acids is 1. The van der Waals surface area contributed by atoms with E-state index in [1.807, 2.05) is 66.7 Å². The molecule has 2 aromatic carbocycles. The van der Waals surface area contributed by atoms with Crippen molar-refractivity contribution in [1.82, 2.24) is 15.2 Å². The van der Waals surface area contributed by atoms with E-state index in [9.17, 15) is 4.79 Å². The van der Waals surface area contributed by atoms with Gasteiger partial charge >= 0.3 is 6.01 Å². The molecule has 0 saturated carbocycles. The topological polar surface area (TPSA) is 118 Å². The number of aliphatic imine (C=N–C) groups is 1. The van der Waals surface area contributed by atoms with Gasteiger partial charge in [0.25, 0.3) is 11.8 Å².